The molecular weight excluding hydrogens is 502 g/mol. The van der Waals surface area contributed by atoms with E-state index in [2.05, 4.69) is 17.2 Å². The van der Waals surface area contributed by atoms with E-state index in [1.54, 1.807) is 7.11 Å². The fourth-order valence-electron chi connectivity index (χ4n) is 5.20. The summed E-state index contributed by atoms with van der Waals surface area (Å²) in [7, 11) is 5.53. The van der Waals surface area contributed by atoms with E-state index in [0.717, 1.165) is 67.3 Å². The number of para-hydroxylation sites is 1. The predicted molar refractivity (Wildman–Crippen MR) is 151 cm³/mol. The van der Waals surface area contributed by atoms with Crippen LogP contribution in [-0.4, -0.2) is 40.6 Å². The summed E-state index contributed by atoms with van der Waals surface area (Å²) in [5.74, 6) is 0.477. The molecule has 0 saturated carbocycles. The Bertz CT molecular complexity index is 1460. The van der Waals surface area contributed by atoms with Gasteiger partial charge in [0.25, 0.3) is 0 Å². The molecule has 2 aromatic carbocycles. The zero-order valence-corrected chi connectivity index (χ0v) is 24.0. The fraction of sp³-hybridized carbons (Fsp3) is 0.400. The van der Waals surface area contributed by atoms with E-state index in [-0.39, 0.29) is 5.97 Å². The molecule has 2 heterocycles. The van der Waals surface area contributed by atoms with E-state index in [1.165, 1.54) is 0 Å². The number of aryl methyl sites for hydroxylation is 5. The number of ether oxygens (including phenoxy) is 3. The lowest BCUT2D eigenvalue weighted by atomic mass is 9.98. The molecule has 0 unspecified atom stereocenters. The summed E-state index contributed by atoms with van der Waals surface area (Å²) in [4.78, 5) is 13.2. The molecule has 0 radical (unpaired) electrons. The fourth-order valence-corrected chi connectivity index (χ4v) is 5.31. The van der Waals surface area contributed by atoms with Gasteiger partial charge in [-0.1, -0.05) is 29.8 Å². The van der Waals surface area contributed by atoms with Gasteiger partial charge in [-0.15, -0.1) is 0 Å². The van der Waals surface area contributed by atoms with Crippen molar-refractivity contribution in [1.29, 1.82) is 0 Å². The molecule has 0 bridgehead atoms. The summed E-state index contributed by atoms with van der Waals surface area (Å²) in [5, 5.41) is 6.47. The largest absolute Gasteiger partial charge is 0.494 e. The number of halogens is 1. The maximum Gasteiger partial charge on any atom is 0.355 e. The highest BCUT2D eigenvalue weighted by Gasteiger charge is 2.26. The molecule has 0 fully saturated rings. The number of aromatic nitrogens is 3. The van der Waals surface area contributed by atoms with Gasteiger partial charge in [-0.2, -0.15) is 5.10 Å². The van der Waals surface area contributed by atoms with Crippen molar-refractivity contribution in [3.05, 3.63) is 69.1 Å². The third-order valence-electron chi connectivity index (χ3n) is 6.99. The lowest BCUT2D eigenvalue weighted by Gasteiger charge is -2.11. The van der Waals surface area contributed by atoms with Crippen LogP contribution >= 0.6 is 11.6 Å². The molecule has 0 spiro atoms. The zero-order valence-electron chi connectivity index (χ0n) is 23.3. The van der Waals surface area contributed by atoms with Crippen molar-refractivity contribution < 1.29 is 19.0 Å². The molecule has 8 heteroatoms. The van der Waals surface area contributed by atoms with Gasteiger partial charge in [-0.25, -0.2) is 4.79 Å². The molecule has 0 aliphatic carbocycles. The standard InChI is InChI=1S/C30H36ClN3O4/c1-8-37-30(35)29-23(13-10-14-38-21-15-18(2)27(31)19(3)16-21)22-11-9-12-24(28(22)33(29)5)26-20(4)34(6)32-25(26)17-36-7/h9,11-12,15-16H,8,10,13-14,17H2,1-7H3. The van der Waals surface area contributed by atoms with Crippen LogP contribution in [0.1, 0.15) is 51.9 Å². The van der Waals surface area contributed by atoms with Crippen LogP contribution in [0.5, 0.6) is 5.75 Å². The van der Waals surface area contributed by atoms with E-state index in [9.17, 15) is 4.79 Å². The quantitative estimate of drug-likeness (QED) is 0.171. The van der Waals surface area contributed by atoms with Gasteiger partial charge in [0.2, 0.25) is 0 Å². The number of carbonyl (C=O) groups excluding carboxylic acids is 1. The van der Waals surface area contributed by atoms with Gasteiger partial charge in [0.05, 0.1) is 31.0 Å². The summed E-state index contributed by atoms with van der Waals surface area (Å²) in [6.07, 6.45) is 1.40. The third-order valence-corrected chi connectivity index (χ3v) is 7.59. The first kappa shape index (κ1) is 27.7. The van der Waals surface area contributed by atoms with Gasteiger partial charge in [-0.05, 0) is 69.4 Å². The number of rotatable bonds is 10. The number of nitrogens with zero attached hydrogens (tertiary/aromatic N) is 3. The van der Waals surface area contributed by atoms with Crippen molar-refractivity contribution in [3.8, 4) is 16.9 Å². The van der Waals surface area contributed by atoms with Crippen molar-refractivity contribution >= 4 is 28.5 Å². The Morgan fingerprint density at radius 2 is 1.82 bits per heavy atom. The second-order valence-corrected chi connectivity index (χ2v) is 9.97. The Kier molecular flexibility index (Phi) is 8.48. The van der Waals surface area contributed by atoms with Crippen LogP contribution in [0, 0.1) is 20.8 Å². The number of benzene rings is 2. The van der Waals surface area contributed by atoms with Crippen LogP contribution in [0.3, 0.4) is 0 Å². The topological polar surface area (TPSA) is 67.5 Å². The van der Waals surface area contributed by atoms with Gasteiger partial charge < -0.3 is 18.8 Å². The molecule has 4 aromatic rings. The minimum atomic E-state index is -0.322. The summed E-state index contributed by atoms with van der Waals surface area (Å²) in [6.45, 7) is 9.05. The minimum Gasteiger partial charge on any atom is -0.494 e. The number of carbonyl (C=O) groups is 1. The average Bonchev–Trinajstić information content (AvgIpc) is 3.32. The molecule has 0 saturated heterocycles. The highest BCUT2D eigenvalue weighted by atomic mass is 35.5. The Morgan fingerprint density at radius 3 is 2.47 bits per heavy atom. The molecule has 0 aliphatic rings. The second-order valence-electron chi connectivity index (χ2n) is 9.60. The maximum atomic E-state index is 13.2. The average molecular weight is 538 g/mol. The Morgan fingerprint density at radius 1 is 1.11 bits per heavy atom. The predicted octanol–water partition coefficient (Wildman–Crippen LogP) is 6.49. The molecule has 38 heavy (non-hydrogen) atoms. The van der Waals surface area contributed by atoms with Gasteiger partial charge in [0.15, 0.2) is 0 Å². The van der Waals surface area contributed by atoms with Crippen LogP contribution in [-0.2, 0) is 36.6 Å². The summed E-state index contributed by atoms with van der Waals surface area (Å²) in [6, 6.07) is 10.1. The molecule has 0 amide bonds. The van der Waals surface area contributed by atoms with E-state index >= 15 is 0 Å². The Balaban J connectivity index is 1.73. The lowest BCUT2D eigenvalue weighted by Crippen LogP contribution is -2.13. The summed E-state index contributed by atoms with van der Waals surface area (Å²) >= 11 is 6.30. The van der Waals surface area contributed by atoms with Crippen LogP contribution in [0.25, 0.3) is 22.0 Å². The van der Waals surface area contributed by atoms with Crippen LogP contribution in [0.15, 0.2) is 30.3 Å². The second kappa shape index (κ2) is 11.6. The van der Waals surface area contributed by atoms with E-state index < -0.39 is 0 Å². The SMILES string of the molecule is CCOC(=O)c1c(CCCOc2cc(C)c(Cl)c(C)c2)c2cccc(-c3c(COC)nn(C)c3C)c2n1C. The number of hydrogen-bond acceptors (Lipinski definition) is 5. The highest BCUT2D eigenvalue weighted by molar-refractivity contribution is 6.32. The Hall–Kier alpha value is -3.29. The van der Waals surface area contributed by atoms with E-state index in [4.69, 9.17) is 25.8 Å². The molecule has 0 aliphatic heterocycles. The molecule has 0 atom stereocenters. The van der Waals surface area contributed by atoms with Gasteiger partial charge in [0, 0.05) is 48.4 Å². The first-order chi connectivity index (χ1) is 18.2. The molecule has 0 N–H and O–H groups in total. The van der Waals surface area contributed by atoms with Crippen molar-refractivity contribution in [1.82, 2.24) is 14.3 Å². The van der Waals surface area contributed by atoms with E-state index in [1.807, 2.05) is 69.2 Å². The molecule has 7 nitrogen and oxygen atoms in total. The molecule has 202 valence electrons. The highest BCUT2D eigenvalue weighted by Crippen LogP contribution is 2.38. The minimum absolute atomic E-state index is 0.310. The van der Waals surface area contributed by atoms with Crippen LogP contribution < -0.4 is 4.74 Å². The smallest absolute Gasteiger partial charge is 0.355 e. The summed E-state index contributed by atoms with van der Waals surface area (Å²) in [5.41, 5.74) is 8.44. The summed E-state index contributed by atoms with van der Waals surface area (Å²) < 4.78 is 20.8. The number of hydrogen-bond donors (Lipinski definition) is 0. The van der Waals surface area contributed by atoms with Crippen molar-refractivity contribution in [2.45, 2.75) is 47.1 Å². The lowest BCUT2D eigenvalue weighted by molar-refractivity contribution is 0.0514. The monoisotopic (exact) mass is 537 g/mol. The Labute approximate surface area is 229 Å². The van der Waals surface area contributed by atoms with Crippen molar-refractivity contribution in [2.24, 2.45) is 14.1 Å². The normalized spacial score (nSPS) is 11.4. The first-order valence-electron chi connectivity index (χ1n) is 12.9. The van der Waals surface area contributed by atoms with E-state index in [0.29, 0.717) is 31.9 Å². The van der Waals surface area contributed by atoms with Gasteiger partial charge in [-0.3, -0.25) is 4.68 Å². The molecule has 2 aromatic heterocycles. The number of fused-ring (bicyclic) bond motifs is 1. The number of methoxy groups -OCH3 is 1. The van der Waals surface area contributed by atoms with Gasteiger partial charge >= 0.3 is 5.97 Å². The van der Waals surface area contributed by atoms with Gasteiger partial charge in [0.1, 0.15) is 11.4 Å². The first-order valence-corrected chi connectivity index (χ1v) is 13.3. The zero-order chi connectivity index (χ0) is 27.6. The number of esters is 1. The maximum absolute atomic E-state index is 13.2. The third kappa shape index (κ3) is 5.18. The van der Waals surface area contributed by atoms with Crippen molar-refractivity contribution in [3.63, 3.8) is 0 Å². The molecular formula is C30H36ClN3O4. The van der Waals surface area contributed by atoms with Crippen LogP contribution in [0.2, 0.25) is 5.02 Å². The van der Waals surface area contributed by atoms with Crippen molar-refractivity contribution in [2.75, 3.05) is 20.3 Å². The molecule has 4 rings (SSSR count). The van der Waals surface area contributed by atoms with Crippen LogP contribution in [0.4, 0.5) is 0 Å².